The minimum atomic E-state index is 0.479. The summed E-state index contributed by atoms with van der Waals surface area (Å²) >= 11 is 0. The molecule has 1 aromatic rings. The van der Waals surface area contributed by atoms with Gasteiger partial charge in [-0.15, -0.1) is 0 Å². The standard InChI is InChI=1S/C13H20N2/c1-13(2)7-5-9-15(11-13)10-12-6-3-4-8-14-12/h3-4,6,8H,5,7,9-11H2,1-2H3. The highest BCUT2D eigenvalue weighted by molar-refractivity contribution is 5.03. The summed E-state index contributed by atoms with van der Waals surface area (Å²) in [4.78, 5) is 6.90. The van der Waals surface area contributed by atoms with E-state index in [1.807, 2.05) is 12.3 Å². The molecule has 1 aliphatic heterocycles. The highest BCUT2D eigenvalue weighted by atomic mass is 15.1. The average molecular weight is 204 g/mol. The number of rotatable bonds is 2. The van der Waals surface area contributed by atoms with E-state index in [-0.39, 0.29) is 0 Å². The van der Waals surface area contributed by atoms with Gasteiger partial charge in [-0.25, -0.2) is 0 Å². The van der Waals surface area contributed by atoms with E-state index in [0.717, 1.165) is 6.54 Å². The van der Waals surface area contributed by atoms with Crippen LogP contribution in [0.2, 0.25) is 0 Å². The molecule has 0 N–H and O–H groups in total. The number of aromatic nitrogens is 1. The molecule has 2 heterocycles. The molecule has 0 unspecified atom stereocenters. The average Bonchev–Trinajstić information content (AvgIpc) is 2.17. The van der Waals surface area contributed by atoms with Crippen molar-refractivity contribution in [3.05, 3.63) is 30.1 Å². The van der Waals surface area contributed by atoms with Crippen molar-refractivity contribution >= 4 is 0 Å². The molecule has 2 rings (SSSR count). The fourth-order valence-corrected chi connectivity index (χ4v) is 2.40. The number of hydrogen-bond donors (Lipinski definition) is 0. The smallest absolute Gasteiger partial charge is 0.0543 e. The van der Waals surface area contributed by atoms with Crippen molar-refractivity contribution in [2.24, 2.45) is 5.41 Å². The van der Waals surface area contributed by atoms with E-state index in [4.69, 9.17) is 0 Å². The van der Waals surface area contributed by atoms with Crippen LogP contribution in [0.5, 0.6) is 0 Å². The van der Waals surface area contributed by atoms with Gasteiger partial charge in [0.15, 0.2) is 0 Å². The lowest BCUT2D eigenvalue weighted by Gasteiger charge is -2.37. The van der Waals surface area contributed by atoms with Crippen LogP contribution in [0, 0.1) is 5.41 Å². The number of piperidine rings is 1. The molecule has 0 aliphatic carbocycles. The van der Waals surface area contributed by atoms with Crippen molar-refractivity contribution in [1.82, 2.24) is 9.88 Å². The molecular weight excluding hydrogens is 184 g/mol. The fraction of sp³-hybridized carbons (Fsp3) is 0.615. The molecule has 1 aliphatic rings. The first-order chi connectivity index (χ1) is 7.16. The monoisotopic (exact) mass is 204 g/mol. The molecule has 2 nitrogen and oxygen atoms in total. The molecule has 0 aromatic carbocycles. The quantitative estimate of drug-likeness (QED) is 0.736. The Morgan fingerprint density at radius 3 is 2.93 bits per heavy atom. The molecule has 0 bridgehead atoms. The summed E-state index contributed by atoms with van der Waals surface area (Å²) in [5.74, 6) is 0. The van der Waals surface area contributed by atoms with Gasteiger partial charge < -0.3 is 0 Å². The first-order valence-corrected chi connectivity index (χ1v) is 5.78. The SMILES string of the molecule is CC1(C)CCCN(Cc2ccccn2)C1. The summed E-state index contributed by atoms with van der Waals surface area (Å²) in [7, 11) is 0. The van der Waals surface area contributed by atoms with Crippen molar-refractivity contribution in [2.75, 3.05) is 13.1 Å². The van der Waals surface area contributed by atoms with Crippen LogP contribution in [0.25, 0.3) is 0 Å². The zero-order valence-electron chi connectivity index (χ0n) is 9.74. The minimum absolute atomic E-state index is 0.479. The summed E-state index contributed by atoms with van der Waals surface area (Å²) in [6.45, 7) is 8.14. The van der Waals surface area contributed by atoms with Crippen molar-refractivity contribution < 1.29 is 0 Å². The molecule has 0 radical (unpaired) electrons. The van der Waals surface area contributed by atoms with Crippen molar-refractivity contribution in [2.45, 2.75) is 33.2 Å². The maximum absolute atomic E-state index is 4.38. The number of hydrogen-bond acceptors (Lipinski definition) is 2. The molecule has 0 spiro atoms. The van der Waals surface area contributed by atoms with Gasteiger partial charge in [0.2, 0.25) is 0 Å². The zero-order chi connectivity index (χ0) is 10.7. The molecule has 15 heavy (non-hydrogen) atoms. The van der Waals surface area contributed by atoms with Gasteiger partial charge in [-0.3, -0.25) is 9.88 Å². The summed E-state index contributed by atoms with van der Waals surface area (Å²) < 4.78 is 0. The first kappa shape index (κ1) is 10.6. The van der Waals surface area contributed by atoms with Gasteiger partial charge >= 0.3 is 0 Å². The second-order valence-electron chi connectivity index (χ2n) is 5.30. The van der Waals surface area contributed by atoms with Crippen molar-refractivity contribution in [1.29, 1.82) is 0 Å². The molecular formula is C13H20N2. The number of nitrogens with zero attached hydrogens (tertiary/aromatic N) is 2. The van der Waals surface area contributed by atoms with Crippen LogP contribution in [0.1, 0.15) is 32.4 Å². The molecule has 0 amide bonds. The van der Waals surface area contributed by atoms with Gasteiger partial charge in [0.1, 0.15) is 0 Å². The Labute approximate surface area is 92.3 Å². The minimum Gasteiger partial charge on any atom is -0.297 e. The lowest BCUT2D eigenvalue weighted by atomic mass is 9.84. The van der Waals surface area contributed by atoms with Crippen LogP contribution in [0.15, 0.2) is 24.4 Å². The highest BCUT2D eigenvalue weighted by Crippen LogP contribution is 2.28. The lowest BCUT2D eigenvalue weighted by molar-refractivity contribution is 0.110. The zero-order valence-corrected chi connectivity index (χ0v) is 9.74. The molecule has 0 atom stereocenters. The van der Waals surface area contributed by atoms with E-state index in [1.165, 1.54) is 31.6 Å². The third kappa shape index (κ3) is 3.03. The Hall–Kier alpha value is -0.890. The van der Waals surface area contributed by atoms with E-state index in [2.05, 4.69) is 35.9 Å². The second-order valence-corrected chi connectivity index (χ2v) is 5.30. The summed E-state index contributed by atoms with van der Waals surface area (Å²) in [6.07, 6.45) is 4.55. The maximum Gasteiger partial charge on any atom is 0.0543 e. The predicted octanol–water partition coefficient (Wildman–Crippen LogP) is 2.70. The summed E-state index contributed by atoms with van der Waals surface area (Å²) in [6, 6.07) is 6.16. The third-order valence-corrected chi connectivity index (χ3v) is 3.09. The predicted molar refractivity (Wildman–Crippen MR) is 62.5 cm³/mol. The lowest BCUT2D eigenvalue weighted by Crippen LogP contribution is -2.39. The van der Waals surface area contributed by atoms with Crippen LogP contribution in [-0.4, -0.2) is 23.0 Å². The summed E-state index contributed by atoms with van der Waals surface area (Å²) in [5.41, 5.74) is 1.67. The van der Waals surface area contributed by atoms with E-state index in [9.17, 15) is 0 Å². The van der Waals surface area contributed by atoms with Gasteiger partial charge in [-0.1, -0.05) is 19.9 Å². The largest absolute Gasteiger partial charge is 0.297 e. The van der Waals surface area contributed by atoms with Gasteiger partial charge in [-0.05, 0) is 36.9 Å². The molecule has 2 heteroatoms. The van der Waals surface area contributed by atoms with Gasteiger partial charge in [0.25, 0.3) is 0 Å². The van der Waals surface area contributed by atoms with Crippen LogP contribution in [-0.2, 0) is 6.54 Å². The topological polar surface area (TPSA) is 16.1 Å². The van der Waals surface area contributed by atoms with Crippen LogP contribution < -0.4 is 0 Å². The Morgan fingerprint density at radius 2 is 2.27 bits per heavy atom. The van der Waals surface area contributed by atoms with Crippen molar-refractivity contribution in [3.8, 4) is 0 Å². The molecule has 82 valence electrons. The Bertz CT molecular complexity index is 306. The van der Waals surface area contributed by atoms with E-state index >= 15 is 0 Å². The fourth-order valence-electron chi connectivity index (χ4n) is 2.40. The van der Waals surface area contributed by atoms with Gasteiger partial charge in [-0.2, -0.15) is 0 Å². The number of likely N-dealkylation sites (tertiary alicyclic amines) is 1. The highest BCUT2D eigenvalue weighted by Gasteiger charge is 2.26. The van der Waals surface area contributed by atoms with Crippen molar-refractivity contribution in [3.63, 3.8) is 0 Å². The molecule has 1 aromatic heterocycles. The number of pyridine rings is 1. The van der Waals surface area contributed by atoms with Crippen LogP contribution in [0.4, 0.5) is 0 Å². The molecule has 1 fully saturated rings. The Kier molecular flexibility index (Phi) is 3.06. The third-order valence-electron chi connectivity index (χ3n) is 3.09. The van der Waals surface area contributed by atoms with Gasteiger partial charge in [0, 0.05) is 19.3 Å². The Balaban J connectivity index is 1.95. The second kappa shape index (κ2) is 4.31. The van der Waals surface area contributed by atoms with E-state index in [0.29, 0.717) is 5.41 Å². The summed E-state index contributed by atoms with van der Waals surface area (Å²) in [5, 5.41) is 0. The van der Waals surface area contributed by atoms with E-state index in [1.54, 1.807) is 0 Å². The first-order valence-electron chi connectivity index (χ1n) is 5.78. The van der Waals surface area contributed by atoms with Crippen LogP contribution >= 0.6 is 0 Å². The molecule has 1 saturated heterocycles. The van der Waals surface area contributed by atoms with Crippen LogP contribution in [0.3, 0.4) is 0 Å². The van der Waals surface area contributed by atoms with Gasteiger partial charge in [0.05, 0.1) is 5.69 Å². The maximum atomic E-state index is 4.38. The Morgan fingerprint density at radius 1 is 1.40 bits per heavy atom. The normalized spacial score (nSPS) is 21.5. The van der Waals surface area contributed by atoms with E-state index < -0.39 is 0 Å². The molecule has 0 saturated carbocycles.